The van der Waals surface area contributed by atoms with Gasteiger partial charge in [-0.2, -0.15) is 5.10 Å². The lowest BCUT2D eigenvalue weighted by Gasteiger charge is -2.29. The summed E-state index contributed by atoms with van der Waals surface area (Å²) in [6.07, 6.45) is 2.07. The van der Waals surface area contributed by atoms with Crippen LogP contribution in [-0.4, -0.2) is 46.2 Å². The lowest BCUT2D eigenvalue weighted by Crippen LogP contribution is -2.36. The third-order valence-electron chi connectivity index (χ3n) is 7.32. The Labute approximate surface area is 234 Å². The lowest BCUT2D eigenvalue weighted by molar-refractivity contribution is -0.148. The standard InChI is InChI=1S/C30H26ClN3O4S/c1-16-8-23-28(39-29(33-23)17-4-7-24-18(9-17)12-32-34(24)20-13-36-14-20)27-21-6-5-19(31)10-25(21)38-30(2,3)15-37-26(35)11-22(16)27/h4-10,12,20H,11,13-15H2,1-3H3. The lowest BCUT2D eigenvalue weighted by atomic mass is 9.92. The van der Waals surface area contributed by atoms with Crippen LogP contribution in [0.3, 0.4) is 0 Å². The smallest absolute Gasteiger partial charge is 0.310 e. The van der Waals surface area contributed by atoms with Gasteiger partial charge in [-0.1, -0.05) is 11.6 Å². The van der Waals surface area contributed by atoms with Crippen LogP contribution in [0, 0.1) is 6.92 Å². The third-order valence-corrected chi connectivity index (χ3v) is 8.69. The number of fused-ring (bicyclic) bond motifs is 6. The van der Waals surface area contributed by atoms with Crippen molar-refractivity contribution < 1.29 is 19.0 Å². The van der Waals surface area contributed by atoms with Crippen molar-refractivity contribution in [2.24, 2.45) is 0 Å². The van der Waals surface area contributed by atoms with Gasteiger partial charge in [-0.25, -0.2) is 4.98 Å². The van der Waals surface area contributed by atoms with Crippen LogP contribution in [0.4, 0.5) is 0 Å². The summed E-state index contributed by atoms with van der Waals surface area (Å²) in [7, 11) is 0. The maximum Gasteiger partial charge on any atom is 0.310 e. The minimum atomic E-state index is -0.722. The number of cyclic esters (lactones) is 1. The first-order valence-electron chi connectivity index (χ1n) is 12.9. The van der Waals surface area contributed by atoms with E-state index in [4.69, 9.17) is 30.8 Å². The molecule has 0 atom stereocenters. The fraction of sp³-hybridized carbons (Fsp3) is 0.300. The van der Waals surface area contributed by atoms with E-state index in [-0.39, 0.29) is 19.0 Å². The first kappa shape index (κ1) is 24.6. The van der Waals surface area contributed by atoms with Gasteiger partial charge >= 0.3 is 5.97 Å². The summed E-state index contributed by atoms with van der Waals surface area (Å²) in [5, 5.41) is 7.15. The molecule has 3 aromatic carbocycles. The summed E-state index contributed by atoms with van der Waals surface area (Å²) >= 11 is 8.02. The minimum Gasteiger partial charge on any atom is -0.484 e. The summed E-state index contributed by atoms with van der Waals surface area (Å²) in [6.45, 7) is 7.36. The number of hydrogen-bond acceptors (Lipinski definition) is 7. The fourth-order valence-electron chi connectivity index (χ4n) is 5.28. The SMILES string of the molecule is Cc1cc2nc(-c3ccc4c(cnn4C4COC4)c3)sc2c2c1CC(=O)OCC(C)(C)Oc1cc(Cl)ccc1-2. The van der Waals surface area contributed by atoms with E-state index in [9.17, 15) is 4.79 Å². The maximum absolute atomic E-state index is 12.9. The Kier molecular flexibility index (Phi) is 5.70. The number of halogens is 1. The molecule has 0 spiro atoms. The largest absolute Gasteiger partial charge is 0.484 e. The number of rotatable bonds is 2. The van der Waals surface area contributed by atoms with Crippen molar-refractivity contribution in [1.29, 1.82) is 0 Å². The number of thiazole rings is 1. The number of carbonyl (C=O) groups excluding carboxylic acids is 1. The van der Waals surface area contributed by atoms with E-state index in [0.29, 0.717) is 30.0 Å². The molecule has 0 unspecified atom stereocenters. The summed E-state index contributed by atoms with van der Waals surface area (Å²) in [5.74, 6) is 0.374. The molecule has 1 saturated heterocycles. The number of benzene rings is 3. The number of esters is 1. The Morgan fingerprint density at radius 3 is 2.77 bits per heavy atom. The van der Waals surface area contributed by atoms with E-state index in [1.807, 2.05) is 49.8 Å². The molecular weight excluding hydrogens is 534 g/mol. The van der Waals surface area contributed by atoms with E-state index in [0.717, 1.165) is 53.9 Å². The molecule has 7 nitrogen and oxygen atoms in total. The van der Waals surface area contributed by atoms with Gasteiger partial charge in [0, 0.05) is 27.1 Å². The van der Waals surface area contributed by atoms with E-state index in [2.05, 4.69) is 29.4 Å². The first-order chi connectivity index (χ1) is 18.8. The zero-order valence-electron chi connectivity index (χ0n) is 21.8. The van der Waals surface area contributed by atoms with Crippen molar-refractivity contribution in [3.63, 3.8) is 0 Å². The Morgan fingerprint density at radius 2 is 1.97 bits per heavy atom. The average Bonchev–Trinajstić information content (AvgIpc) is 3.46. The van der Waals surface area contributed by atoms with Crippen LogP contribution in [0.15, 0.2) is 48.7 Å². The summed E-state index contributed by atoms with van der Waals surface area (Å²) in [5.41, 5.74) is 5.98. The predicted molar refractivity (Wildman–Crippen MR) is 153 cm³/mol. The number of ether oxygens (including phenoxy) is 3. The van der Waals surface area contributed by atoms with Gasteiger partial charge in [0.25, 0.3) is 0 Å². The molecular formula is C30H26ClN3O4S. The molecule has 7 rings (SSSR count). The second kappa shape index (κ2) is 9.05. The van der Waals surface area contributed by atoms with Gasteiger partial charge in [-0.15, -0.1) is 11.3 Å². The molecule has 198 valence electrons. The number of aromatic nitrogens is 3. The highest BCUT2D eigenvalue weighted by molar-refractivity contribution is 7.22. The summed E-state index contributed by atoms with van der Waals surface area (Å²) in [6, 6.07) is 14.4. The summed E-state index contributed by atoms with van der Waals surface area (Å²) < 4.78 is 20.4. The van der Waals surface area contributed by atoms with Crippen molar-refractivity contribution >= 4 is 50.0 Å². The van der Waals surface area contributed by atoms with E-state index in [1.165, 1.54) is 0 Å². The van der Waals surface area contributed by atoms with Crippen LogP contribution in [0.1, 0.15) is 31.0 Å². The monoisotopic (exact) mass is 559 g/mol. The van der Waals surface area contributed by atoms with Crippen molar-refractivity contribution in [2.45, 2.75) is 38.8 Å². The molecule has 0 saturated carbocycles. The van der Waals surface area contributed by atoms with Crippen molar-refractivity contribution in [3.05, 3.63) is 64.8 Å². The zero-order chi connectivity index (χ0) is 26.9. The Hall–Kier alpha value is -3.46. The van der Waals surface area contributed by atoms with Crippen LogP contribution < -0.4 is 4.74 Å². The number of aryl methyl sites for hydroxylation is 1. The van der Waals surface area contributed by atoms with Crippen molar-refractivity contribution in [3.8, 4) is 27.4 Å². The second-order valence-corrected chi connectivity index (χ2v) is 12.2. The molecule has 0 radical (unpaired) electrons. The van der Waals surface area contributed by atoms with Crippen LogP contribution in [0.25, 0.3) is 42.8 Å². The van der Waals surface area contributed by atoms with Crippen LogP contribution >= 0.6 is 22.9 Å². The second-order valence-electron chi connectivity index (χ2n) is 10.8. The van der Waals surface area contributed by atoms with Gasteiger partial charge in [0.2, 0.25) is 0 Å². The van der Waals surface area contributed by atoms with E-state index >= 15 is 0 Å². The molecule has 2 aliphatic heterocycles. The normalized spacial score (nSPS) is 17.3. The van der Waals surface area contributed by atoms with E-state index in [1.54, 1.807) is 11.3 Å². The van der Waals surface area contributed by atoms with E-state index < -0.39 is 5.60 Å². The third kappa shape index (κ3) is 4.27. The zero-order valence-corrected chi connectivity index (χ0v) is 23.4. The van der Waals surface area contributed by atoms with Gasteiger partial charge in [-0.05, 0) is 74.4 Å². The van der Waals surface area contributed by atoms with Crippen LogP contribution in [0.2, 0.25) is 5.02 Å². The number of nitrogens with zero attached hydrogens (tertiary/aromatic N) is 3. The fourth-order valence-corrected chi connectivity index (χ4v) is 6.57. The van der Waals surface area contributed by atoms with Gasteiger partial charge < -0.3 is 14.2 Å². The van der Waals surface area contributed by atoms with Crippen LogP contribution in [-0.2, 0) is 20.7 Å². The highest BCUT2D eigenvalue weighted by Crippen LogP contribution is 2.45. The topological polar surface area (TPSA) is 75.5 Å². The molecule has 0 aliphatic carbocycles. The van der Waals surface area contributed by atoms with Gasteiger partial charge in [-0.3, -0.25) is 9.48 Å². The minimum absolute atomic E-state index is 0.145. The van der Waals surface area contributed by atoms with Gasteiger partial charge in [0.15, 0.2) is 0 Å². The van der Waals surface area contributed by atoms with Crippen molar-refractivity contribution in [2.75, 3.05) is 19.8 Å². The molecule has 39 heavy (non-hydrogen) atoms. The molecule has 0 bridgehead atoms. The first-order valence-corrected chi connectivity index (χ1v) is 14.1. The number of hydrogen-bond donors (Lipinski definition) is 0. The number of carbonyl (C=O) groups is 1. The predicted octanol–water partition coefficient (Wildman–Crippen LogP) is 6.77. The Morgan fingerprint density at radius 1 is 1.13 bits per heavy atom. The maximum atomic E-state index is 12.9. The molecule has 2 aliphatic rings. The molecule has 2 aromatic heterocycles. The molecule has 9 heteroatoms. The molecule has 1 fully saturated rings. The Bertz CT molecular complexity index is 1790. The molecule has 5 aromatic rings. The van der Waals surface area contributed by atoms with Crippen molar-refractivity contribution in [1.82, 2.24) is 14.8 Å². The highest BCUT2D eigenvalue weighted by atomic mass is 35.5. The molecule has 0 N–H and O–H groups in total. The van der Waals surface area contributed by atoms with Crippen LogP contribution in [0.5, 0.6) is 5.75 Å². The summed E-state index contributed by atoms with van der Waals surface area (Å²) in [4.78, 5) is 18.0. The van der Waals surface area contributed by atoms with Gasteiger partial charge in [0.1, 0.15) is 23.0 Å². The average molecular weight is 560 g/mol. The quantitative estimate of drug-likeness (QED) is 0.222. The molecule has 0 amide bonds. The van der Waals surface area contributed by atoms with Gasteiger partial charge in [0.05, 0.1) is 47.6 Å². The Balaban J connectivity index is 1.42. The molecule has 4 heterocycles. The highest BCUT2D eigenvalue weighted by Gasteiger charge is 2.29.